The van der Waals surface area contributed by atoms with Crippen LogP contribution < -0.4 is 5.73 Å². The molecule has 3 rings (SSSR count). The highest BCUT2D eigenvalue weighted by Crippen LogP contribution is 2.29. The van der Waals surface area contributed by atoms with Crippen molar-refractivity contribution in [3.8, 4) is 0 Å². The lowest BCUT2D eigenvalue weighted by Crippen LogP contribution is -2.29. The van der Waals surface area contributed by atoms with Gasteiger partial charge >= 0.3 is 0 Å². The number of nitrogens with two attached hydrogens (primary N) is 1. The van der Waals surface area contributed by atoms with Gasteiger partial charge in [0.05, 0.1) is 0 Å². The van der Waals surface area contributed by atoms with Crippen molar-refractivity contribution in [2.24, 2.45) is 5.73 Å². The summed E-state index contributed by atoms with van der Waals surface area (Å²) in [4.78, 5) is 2.60. The quantitative estimate of drug-likeness (QED) is 0.839. The van der Waals surface area contributed by atoms with Crippen LogP contribution in [0.25, 0.3) is 0 Å². The topological polar surface area (TPSA) is 29.3 Å². The molecule has 1 aliphatic rings. The van der Waals surface area contributed by atoms with Crippen LogP contribution in [-0.2, 0) is 6.54 Å². The van der Waals surface area contributed by atoms with E-state index >= 15 is 0 Å². The minimum absolute atomic E-state index is 0.153. The lowest BCUT2D eigenvalue weighted by molar-refractivity contribution is 0.245. The summed E-state index contributed by atoms with van der Waals surface area (Å²) in [6.45, 7) is 2.17. The van der Waals surface area contributed by atoms with E-state index in [4.69, 9.17) is 5.73 Å². The lowest BCUT2D eigenvalue weighted by Gasteiger charge is -2.23. The normalized spacial score (nSPS) is 16.5. The molecule has 1 saturated carbocycles. The Bertz CT molecular complexity index is 505. The van der Waals surface area contributed by atoms with Crippen LogP contribution in [0.4, 0.5) is 0 Å². The van der Waals surface area contributed by atoms with Gasteiger partial charge in [-0.15, -0.1) is 0 Å². The zero-order valence-electron chi connectivity index (χ0n) is 11.7. The van der Waals surface area contributed by atoms with Crippen molar-refractivity contribution >= 4 is 11.3 Å². The van der Waals surface area contributed by atoms with Crippen molar-refractivity contribution in [1.29, 1.82) is 0 Å². The molecule has 1 aliphatic carbocycles. The van der Waals surface area contributed by atoms with Gasteiger partial charge < -0.3 is 5.73 Å². The molecule has 1 atom stereocenters. The first-order chi connectivity index (χ1) is 9.83. The molecule has 1 aromatic heterocycles. The molecular weight excluding hydrogens is 264 g/mol. The molecule has 1 heterocycles. The smallest absolute Gasteiger partial charge is 0.0307 e. The molecule has 0 bridgehead atoms. The monoisotopic (exact) mass is 286 g/mol. The zero-order valence-corrected chi connectivity index (χ0v) is 12.6. The van der Waals surface area contributed by atoms with E-state index in [1.807, 2.05) is 6.07 Å². The third kappa shape index (κ3) is 3.69. The van der Waals surface area contributed by atoms with E-state index in [0.717, 1.165) is 25.6 Å². The molecular formula is C17H22N2S. The van der Waals surface area contributed by atoms with E-state index in [0.29, 0.717) is 0 Å². The van der Waals surface area contributed by atoms with Crippen LogP contribution in [0.15, 0.2) is 47.2 Å². The highest BCUT2D eigenvalue weighted by atomic mass is 32.1. The average molecular weight is 286 g/mol. The van der Waals surface area contributed by atoms with Gasteiger partial charge in [-0.25, -0.2) is 0 Å². The third-order valence-electron chi connectivity index (χ3n) is 3.98. The summed E-state index contributed by atoms with van der Waals surface area (Å²) in [6, 6.07) is 13.6. The molecule has 1 aromatic carbocycles. The summed E-state index contributed by atoms with van der Waals surface area (Å²) in [5, 5.41) is 4.42. The summed E-state index contributed by atoms with van der Waals surface area (Å²) in [5.74, 6) is 0. The second kappa shape index (κ2) is 6.53. The van der Waals surface area contributed by atoms with Crippen molar-refractivity contribution in [1.82, 2.24) is 4.90 Å². The van der Waals surface area contributed by atoms with Crippen LogP contribution in [0.5, 0.6) is 0 Å². The maximum atomic E-state index is 6.31. The maximum absolute atomic E-state index is 6.31. The molecule has 2 nitrogen and oxygen atoms in total. The predicted octanol–water partition coefficient (Wildman–Crippen LogP) is 3.80. The minimum Gasteiger partial charge on any atom is -0.324 e. The predicted molar refractivity (Wildman–Crippen MR) is 85.7 cm³/mol. The van der Waals surface area contributed by atoms with Gasteiger partial charge in [-0.3, -0.25) is 4.90 Å². The molecule has 1 unspecified atom stereocenters. The molecule has 0 saturated heterocycles. The van der Waals surface area contributed by atoms with Crippen LogP contribution in [0.1, 0.15) is 36.4 Å². The molecule has 2 aromatic rings. The Morgan fingerprint density at radius 3 is 2.65 bits per heavy atom. The third-order valence-corrected chi connectivity index (χ3v) is 4.72. The summed E-state index contributed by atoms with van der Waals surface area (Å²) in [5.41, 5.74) is 9.00. The number of hydrogen-bond acceptors (Lipinski definition) is 3. The van der Waals surface area contributed by atoms with Gasteiger partial charge in [0, 0.05) is 25.2 Å². The molecule has 106 valence electrons. The first-order valence-electron chi connectivity index (χ1n) is 7.38. The van der Waals surface area contributed by atoms with Crippen molar-refractivity contribution in [3.05, 3.63) is 58.3 Å². The van der Waals surface area contributed by atoms with Gasteiger partial charge in [-0.2, -0.15) is 11.3 Å². The van der Waals surface area contributed by atoms with Crippen molar-refractivity contribution in [3.63, 3.8) is 0 Å². The zero-order chi connectivity index (χ0) is 13.8. The molecule has 0 radical (unpaired) electrons. The van der Waals surface area contributed by atoms with Gasteiger partial charge in [0.1, 0.15) is 0 Å². The van der Waals surface area contributed by atoms with Gasteiger partial charge in [-0.1, -0.05) is 30.3 Å². The van der Waals surface area contributed by atoms with E-state index in [-0.39, 0.29) is 6.04 Å². The first-order valence-corrected chi connectivity index (χ1v) is 8.33. The molecule has 20 heavy (non-hydrogen) atoms. The van der Waals surface area contributed by atoms with Crippen LogP contribution in [0, 0.1) is 0 Å². The number of benzene rings is 1. The summed E-state index contributed by atoms with van der Waals surface area (Å²) in [6.07, 6.45) is 3.74. The maximum Gasteiger partial charge on any atom is 0.0307 e. The van der Waals surface area contributed by atoms with Gasteiger partial charge in [0.2, 0.25) is 0 Å². The molecule has 3 heteroatoms. The Balaban J connectivity index is 1.54. The average Bonchev–Trinajstić information content (AvgIpc) is 3.21. The van der Waals surface area contributed by atoms with Gasteiger partial charge in [0.15, 0.2) is 0 Å². The van der Waals surface area contributed by atoms with E-state index in [1.54, 1.807) is 11.3 Å². The van der Waals surface area contributed by atoms with Crippen molar-refractivity contribution < 1.29 is 0 Å². The van der Waals surface area contributed by atoms with Crippen LogP contribution in [-0.4, -0.2) is 17.5 Å². The second-order valence-electron chi connectivity index (χ2n) is 5.64. The fourth-order valence-corrected chi connectivity index (χ4v) is 3.28. The SMILES string of the molecule is NC(CCN(Cc1ccsc1)C1CC1)c1ccccc1. The largest absolute Gasteiger partial charge is 0.324 e. The highest BCUT2D eigenvalue weighted by molar-refractivity contribution is 7.07. The van der Waals surface area contributed by atoms with Gasteiger partial charge in [0.25, 0.3) is 0 Å². The van der Waals surface area contributed by atoms with E-state index in [2.05, 4.69) is 46.0 Å². The Kier molecular flexibility index (Phi) is 4.51. The lowest BCUT2D eigenvalue weighted by atomic mass is 10.0. The fraction of sp³-hybridized carbons (Fsp3) is 0.412. The number of rotatable bonds is 7. The Hall–Kier alpha value is -1.16. The summed E-state index contributed by atoms with van der Waals surface area (Å²) >= 11 is 1.78. The number of hydrogen-bond donors (Lipinski definition) is 1. The second-order valence-corrected chi connectivity index (χ2v) is 6.42. The Morgan fingerprint density at radius 2 is 2.00 bits per heavy atom. The molecule has 1 fully saturated rings. The standard InChI is InChI=1S/C17H22N2S/c18-17(15-4-2-1-3-5-15)8-10-19(16-6-7-16)12-14-9-11-20-13-14/h1-5,9,11,13,16-17H,6-8,10,12,18H2. The molecule has 0 spiro atoms. The molecule has 0 aliphatic heterocycles. The fourth-order valence-electron chi connectivity index (χ4n) is 2.62. The van der Waals surface area contributed by atoms with Crippen molar-refractivity contribution in [2.45, 2.75) is 37.9 Å². The Labute approximate surface area is 125 Å². The minimum atomic E-state index is 0.153. The van der Waals surface area contributed by atoms with E-state index in [1.165, 1.54) is 24.0 Å². The van der Waals surface area contributed by atoms with Crippen LogP contribution in [0.2, 0.25) is 0 Å². The van der Waals surface area contributed by atoms with E-state index < -0.39 is 0 Å². The van der Waals surface area contributed by atoms with E-state index in [9.17, 15) is 0 Å². The number of thiophene rings is 1. The first kappa shape index (κ1) is 13.8. The molecule has 2 N–H and O–H groups in total. The van der Waals surface area contributed by atoms with Gasteiger partial charge in [-0.05, 0) is 47.2 Å². The van der Waals surface area contributed by atoms with Crippen molar-refractivity contribution in [2.75, 3.05) is 6.54 Å². The number of nitrogens with zero attached hydrogens (tertiary/aromatic N) is 1. The Morgan fingerprint density at radius 1 is 1.20 bits per heavy atom. The summed E-state index contributed by atoms with van der Waals surface area (Å²) in [7, 11) is 0. The molecule has 0 amide bonds. The highest BCUT2D eigenvalue weighted by Gasteiger charge is 2.29. The van der Waals surface area contributed by atoms with Crippen LogP contribution >= 0.6 is 11.3 Å². The van der Waals surface area contributed by atoms with Crippen LogP contribution in [0.3, 0.4) is 0 Å². The summed E-state index contributed by atoms with van der Waals surface area (Å²) < 4.78 is 0.